The first-order valence-electron chi connectivity index (χ1n) is 6.28. The van der Waals surface area contributed by atoms with Crippen LogP contribution in [-0.4, -0.2) is 44.4 Å². The van der Waals surface area contributed by atoms with Gasteiger partial charge in [-0.05, 0) is 12.8 Å². The second kappa shape index (κ2) is 6.56. The minimum Gasteiger partial charge on any atom is -0.335 e. The number of thioether (sulfide) groups is 1. The first-order chi connectivity index (χ1) is 9.26. The molecule has 0 radical (unpaired) electrons. The molecule has 0 aromatic carbocycles. The van der Waals surface area contributed by atoms with Crippen LogP contribution < -0.4 is 0 Å². The zero-order chi connectivity index (χ0) is 13.7. The fourth-order valence-electron chi connectivity index (χ4n) is 1.75. The lowest BCUT2D eigenvalue weighted by molar-refractivity contribution is -0.127. The van der Waals surface area contributed by atoms with Gasteiger partial charge >= 0.3 is 0 Å². The molecule has 1 aliphatic rings. The topological polar surface area (TPSA) is 51.0 Å². The molecule has 6 heteroatoms. The van der Waals surface area contributed by atoms with Gasteiger partial charge in [0.2, 0.25) is 5.91 Å². The number of rotatable bonds is 8. The fraction of sp³-hybridized carbons (Fsp3) is 0.462. The Morgan fingerprint density at radius 3 is 2.74 bits per heavy atom. The zero-order valence-electron chi connectivity index (χ0n) is 10.9. The molecule has 1 aliphatic carbocycles. The molecule has 0 atom stereocenters. The summed E-state index contributed by atoms with van der Waals surface area (Å²) in [6.45, 7) is 8.40. The Bertz CT molecular complexity index is 457. The quantitative estimate of drug-likeness (QED) is 0.538. The summed E-state index contributed by atoms with van der Waals surface area (Å²) >= 11 is 1.44. The average molecular weight is 278 g/mol. The van der Waals surface area contributed by atoms with Crippen molar-refractivity contribution in [1.29, 1.82) is 0 Å². The maximum atomic E-state index is 12.1. The van der Waals surface area contributed by atoms with Crippen molar-refractivity contribution in [3.05, 3.63) is 31.6 Å². The van der Waals surface area contributed by atoms with E-state index in [9.17, 15) is 4.79 Å². The van der Waals surface area contributed by atoms with E-state index < -0.39 is 0 Å². The second-order valence-corrected chi connectivity index (χ2v) is 5.36. The maximum absolute atomic E-state index is 12.1. The van der Waals surface area contributed by atoms with Gasteiger partial charge in [-0.2, -0.15) is 0 Å². The van der Waals surface area contributed by atoms with Crippen LogP contribution in [0.2, 0.25) is 0 Å². The van der Waals surface area contributed by atoms with E-state index in [1.54, 1.807) is 23.4 Å². The molecular weight excluding hydrogens is 260 g/mol. The summed E-state index contributed by atoms with van der Waals surface area (Å²) in [5.41, 5.74) is 0. The largest absolute Gasteiger partial charge is 0.335 e. The Labute approximate surface area is 117 Å². The molecule has 0 unspecified atom stereocenters. The van der Waals surface area contributed by atoms with Gasteiger partial charge in [0.1, 0.15) is 6.33 Å². The lowest BCUT2D eigenvalue weighted by atomic mass is 10.4. The first kappa shape index (κ1) is 13.9. The maximum Gasteiger partial charge on any atom is 0.233 e. The molecule has 102 valence electrons. The molecule has 1 fully saturated rings. The van der Waals surface area contributed by atoms with Crippen LogP contribution in [0.5, 0.6) is 0 Å². The molecule has 0 bridgehead atoms. The van der Waals surface area contributed by atoms with Crippen molar-refractivity contribution in [2.24, 2.45) is 0 Å². The summed E-state index contributed by atoms with van der Waals surface area (Å²) in [5.74, 6) is 0.433. The van der Waals surface area contributed by atoms with Crippen molar-refractivity contribution in [1.82, 2.24) is 19.7 Å². The highest BCUT2D eigenvalue weighted by molar-refractivity contribution is 7.99. The van der Waals surface area contributed by atoms with E-state index in [0.717, 1.165) is 5.16 Å². The van der Waals surface area contributed by atoms with Crippen molar-refractivity contribution in [2.75, 3.05) is 18.8 Å². The molecule has 1 aromatic rings. The summed E-state index contributed by atoms with van der Waals surface area (Å²) in [5, 5.41) is 8.81. The third-order valence-corrected chi connectivity index (χ3v) is 3.80. The van der Waals surface area contributed by atoms with Crippen LogP contribution in [0.15, 0.2) is 36.8 Å². The van der Waals surface area contributed by atoms with Gasteiger partial charge in [0.15, 0.2) is 5.16 Å². The van der Waals surface area contributed by atoms with E-state index in [0.29, 0.717) is 24.9 Å². The van der Waals surface area contributed by atoms with E-state index >= 15 is 0 Å². The van der Waals surface area contributed by atoms with E-state index in [4.69, 9.17) is 0 Å². The molecule has 1 saturated carbocycles. The SMILES string of the molecule is C=CCN(CC=C)C(=O)CSc1nncn1C1CC1. The predicted molar refractivity (Wildman–Crippen MR) is 76.0 cm³/mol. The van der Waals surface area contributed by atoms with Crippen molar-refractivity contribution in [3.63, 3.8) is 0 Å². The lowest BCUT2D eigenvalue weighted by Crippen LogP contribution is -2.32. The van der Waals surface area contributed by atoms with Gasteiger partial charge in [0, 0.05) is 19.1 Å². The number of amides is 1. The van der Waals surface area contributed by atoms with Gasteiger partial charge < -0.3 is 9.47 Å². The normalized spacial score (nSPS) is 14.1. The van der Waals surface area contributed by atoms with E-state index in [1.807, 2.05) is 0 Å². The van der Waals surface area contributed by atoms with Gasteiger partial charge in [-0.25, -0.2) is 0 Å². The standard InChI is InChI=1S/C13H18N4OS/c1-3-7-16(8-4-2)12(18)9-19-13-15-14-10-17(13)11-5-6-11/h3-4,10-11H,1-2,5-9H2. The zero-order valence-corrected chi connectivity index (χ0v) is 11.7. The Morgan fingerprint density at radius 2 is 2.16 bits per heavy atom. The van der Waals surface area contributed by atoms with Gasteiger partial charge in [0.05, 0.1) is 5.75 Å². The molecule has 0 aliphatic heterocycles. The number of carbonyl (C=O) groups excluding carboxylic acids is 1. The number of hydrogen-bond acceptors (Lipinski definition) is 4. The van der Waals surface area contributed by atoms with Crippen LogP contribution in [0.4, 0.5) is 0 Å². The summed E-state index contributed by atoms with van der Waals surface area (Å²) in [6, 6.07) is 0.532. The van der Waals surface area contributed by atoms with E-state index in [2.05, 4.69) is 27.9 Å². The summed E-state index contributed by atoms with van der Waals surface area (Å²) in [6.07, 6.45) is 7.55. The first-order valence-corrected chi connectivity index (χ1v) is 7.26. The molecule has 1 heterocycles. The van der Waals surface area contributed by atoms with Crippen LogP contribution in [0.3, 0.4) is 0 Å². The van der Waals surface area contributed by atoms with Crippen LogP contribution in [-0.2, 0) is 4.79 Å². The Morgan fingerprint density at radius 1 is 1.47 bits per heavy atom. The molecule has 0 N–H and O–H groups in total. The summed E-state index contributed by atoms with van der Waals surface area (Å²) < 4.78 is 2.06. The van der Waals surface area contributed by atoms with Crippen LogP contribution in [0.1, 0.15) is 18.9 Å². The number of nitrogens with zero attached hydrogens (tertiary/aromatic N) is 4. The third kappa shape index (κ3) is 3.70. The highest BCUT2D eigenvalue weighted by atomic mass is 32.2. The lowest BCUT2D eigenvalue weighted by Gasteiger charge is -2.18. The Hall–Kier alpha value is -1.56. The second-order valence-electron chi connectivity index (χ2n) is 4.42. The van der Waals surface area contributed by atoms with Gasteiger partial charge in [-0.3, -0.25) is 4.79 Å². The third-order valence-electron chi connectivity index (χ3n) is 2.86. The van der Waals surface area contributed by atoms with Gasteiger partial charge in [-0.1, -0.05) is 23.9 Å². The molecule has 5 nitrogen and oxygen atoms in total. The highest BCUT2D eigenvalue weighted by Gasteiger charge is 2.26. The highest BCUT2D eigenvalue weighted by Crippen LogP contribution is 2.37. The van der Waals surface area contributed by atoms with Crippen molar-refractivity contribution in [2.45, 2.75) is 24.0 Å². The molecular formula is C13H18N4OS. The van der Waals surface area contributed by atoms with Crippen LogP contribution >= 0.6 is 11.8 Å². The minimum absolute atomic E-state index is 0.0650. The molecule has 1 aromatic heterocycles. The molecule has 0 spiro atoms. The minimum atomic E-state index is 0.0650. The smallest absolute Gasteiger partial charge is 0.233 e. The van der Waals surface area contributed by atoms with Crippen LogP contribution in [0.25, 0.3) is 0 Å². The van der Waals surface area contributed by atoms with E-state index in [1.165, 1.54) is 24.6 Å². The number of hydrogen-bond donors (Lipinski definition) is 0. The average Bonchev–Trinajstić information content (AvgIpc) is 3.15. The monoisotopic (exact) mass is 278 g/mol. The predicted octanol–water partition coefficient (Wildman–Crippen LogP) is 1.91. The Kier molecular flexibility index (Phi) is 4.79. The summed E-state index contributed by atoms with van der Waals surface area (Å²) in [7, 11) is 0. The van der Waals surface area contributed by atoms with E-state index in [-0.39, 0.29) is 5.91 Å². The van der Waals surface area contributed by atoms with Gasteiger partial charge in [0.25, 0.3) is 0 Å². The molecule has 1 amide bonds. The number of aromatic nitrogens is 3. The summed E-state index contributed by atoms with van der Waals surface area (Å²) in [4.78, 5) is 13.8. The Balaban J connectivity index is 1.89. The van der Waals surface area contributed by atoms with Crippen molar-refractivity contribution >= 4 is 17.7 Å². The van der Waals surface area contributed by atoms with Crippen molar-refractivity contribution < 1.29 is 4.79 Å². The fourth-order valence-corrected chi connectivity index (χ4v) is 2.63. The van der Waals surface area contributed by atoms with Gasteiger partial charge in [-0.15, -0.1) is 23.4 Å². The van der Waals surface area contributed by atoms with Crippen molar-refractivity contribution in [3.8, 4) is 0 Å². The molecule has 19 heavy (non-hydrogen) atoms. The molecule has 2 rings (SSSR count). The van der Waals surface area contributed by atoms with Crippen LogP contribution in [0, 0.1) is 0 Å². The molecule has 0 saturated heterocycles. The number of carbonyl (C=O) groups is 1.